The lowest BCUT2D eigenvalue weighted by atomic mass is 9.86. The van der Waals surface area contributed by atoms with Crippen LogP contribution < -0.4 is 0 Å². The molecule has 3 aromatic rings. The van der Waals surface area contributed by atoms with Crippen LogP contribution in [0.25, 0.3) is 0 Å². The fraction of sp³-hybridized carbons (Fsp3) is 0.355. The Morgan fingerprint density at radius 3 is 1.84 bits per heavy atom. The molecule has 0 saturated carbocycles. The third-order valence-corrected chi connectivity index (χ3v) is 7.01. The second-order valence-corrected chi connectivity index (χ2v) is 10.8. The van der Waals surface area contributed by atoms with Gasteiger partial charge in [0.2, 0.25) is 0 Å². The molecule has 1 heterocycles. The Labute approximate surface area is 223 Å². The maximum Gasteiger partial charge on any atom is 0.254 e. The predicted molar refractivity (Wildman–Crippen MR) is 145 cm³/mol. The van der Waals surface area contributed by atoms with Gasteiger partial charge in [0.05, 0.1) is 0 Å². The predicted octanol–water partition coefficient (Wildman–Crippen LogP) is 5.36. The van der Waals surface area contributed by atoms with Crippen LogP contribution in [0.3, 0.4) is 0 Å². The summed E-state index contributed by atoms with van der Waals surface area (Å²) in [5.41, 5.74) is 3.15. The van der Waals surface area contributed by atoms with Gasteiger partial charge in [-0.1, -0.05) is 45.0 Å². The van der Waals surface area contributed by atoms with Crippen molar-refractivity contribution in [1.82, 2.24) is 14.7 Å². The Bertz CT molecular complexity index is 1230. The molecule has 1 saturated heterocycles. The molecule has 0 atom stereocenters. The van der Waals surface area contributed by atoms with E-state index in [9.17, 15) is 18.4 Å². The second kappa shape index (κ2) is 11.9. The van der Waals surface area contributed by atoms with Gasteiger partial charge in [-0.05, 0) is 65.1 Å². The maximum atomic E-state index is 13.4. The fourth-order valence-corrected chi connectivity index (χ4v) is 4.57. The Morgan fingerprint density at radius 2 is 1.29 bits per heavy atom. The van der Waals surface area contributed by atoms with Gasteiger partial charge in [-0.25, -0.2) is 8.78 Å². The third kappa shape index (κ3) is 7.04. The van der Waals surface area contributed by atoms with Gasteiger partial charge < -0.3 is 9.80 Å². The van der Waals surface area contributed by atoms with Gasteiger partial charge in [0.25, 0.3) is 11.8 Å². The van der Waals surface area contributed by atoms with Crippen molar-refractivity contribution in [2.24, 2.45) is 0 Å². The normalized spacial score (nSPS) is 14.4. The van der Waals surface area contributed by atoms with Crippen molar-refractivity contribution in [2.75, 3.05) is 39.3 Å². The van der Waals surface area contributed by atoms with E-state index in [2.05, 4.69) is 25.7 Å². The van der Waals surface area contributed by atoms with E-state index in [4.69, 9.17) is 0 Å². The highest BCUT2D eigenvalue weighted by molar-refractivity contribution is 5.94. The SMILES string of the molecule is CC(C)(C)c1ccc(C(=O)N2CCN(CCN(Cc3ccc(F)cc3)C(=O)c3ccc(F)cc3)CC2)cc1. The summed E-state index contributed by atoms with van der Waals surface area (Å²) in [6, 6.07) is 19.5. The zero-order valence-electron chi connectivity index (χ0n) is 22.3. The van der Waals surface area contributed by atoms with Gasteiger partial charge in [-0.15, -0.1) is 0 Å². The molecule has 7 heteroatoms. The van der Waals surface area contributed by atoms with Gasteiger partial charge in [0.15, 0.2) is 0 Å². The standard InChI is InChI=1S/C31H35F2N3O2/c1-31(2,3)26-10-6-24(7-11-26)29(37)35-19-16-34(17-20-35)18-21-36(22-23-4-12-27(32)13-5-23)30(38)25-8-14-28(33)15-9-25/h4-15H,16-22H2,1-3H3. The number of hydrogen-bond acceptors (Lipinski definition) is 3. The monoisotopic (exact) mass is 519 g/mol. The van der Waals surface area contributed by atoms with E-state index < -0.39 is 5.82 Å². The Kier molecular flexibility index (Phi) is 8.57. The van der Waals surface area contributed by atoms with Crippen molar-refractivity contribution in [3.63, 3.8) is 0 Å². The molecule has 3 aromatic carbocycles. The molecule has 38 heavy (non-hydrogen) atoms. The summed E-state index contributed by atoms with van der Waals surface area (Å²) in [6.07, 6.45) is 0. The van der Waals surface area contributed by atoms with E-state index in [0.717, 1.165) is 5.56 Å². The first kappa shape index (κ1) is 27.5. The van der Waals surface area contributed by atoms with E-state index in [-0.39, 0.29) is 23.0 Å². The smallest absolute Gasteiger partial charge is 0.254 e. The average Bonchev–Trinajstić information content (AvgIpc) is 2.91. The van der Waals surface area contributed by atoms with Crippen LogP contribution in [0.2, 0.25) is 0 Å². The van der Waals surface area contributed by atoms with Crippen LogP contribution in [0.4, 0.5) is 8.78 Å². The van der Waals surface area contributed by atoms with Crippen molar-refractivity contribution in [1.29, 1.82) is 0 Å². The van der Waals surface area contributed by atoms with Crippen molar-refractivity contribution in [3.05, 3.63) is 107 Å². The molecular formula is C31H35F2N3O2. The van der Waals surface area contributed by atoms with Crippen LogP contribution in [0.15, 0.2) is 72.8 Å². The van der Waals surface area contributed by atoms with Crippen molar-refractivity contribution >= 4 is 11.8 Å². The van der Waals surface area contributed by atoms with Crippen molar-refractivity contribution in [2.45, 2.75) is 32.7 Å². The van der Waals surface area contributed by atoms with E-state index in [0.29, 0.717) is 56.9 Å². The van der Waals surface area contributed by atoms with Crippen molar-refractivity contribution < 1.29 is 18.4 Å². The average molecular weight is 520 g/mol. The Morgan fingerprint density at radius 1 is 0.763 bits per heavy atom. The summed E-state index contributed by atoms with van der Waals surface area (Å²) in [7, 11) is 0. The first-order valence-corrected chi connectivity index (χ1v) is 13.0. The number of carbonyl (C=O) groups is 2. The molecule has 0 unspecified atom stereocenters. The largest absolute Gasteiger partial charge is 0.336 e. The molecule has 0 bridgehead atoms. The zero-order valence-corrected chi connectivity index (χ0v) is 22.3. The molecule has 0 N–H and O–H groups in total. The number of piperazine rings is 1. The van der Waals surface area contributed by atoms with Crippen LogP contribution in [-0.4, -0.2) is 65.8 Å². The van der Waals surface area contributed by atoms with E-state index in [1.807, 2.05) is 29.2 Å². The lowest BCUT2D eigenvalue weighted by Gasteiger charge is -2.36. The minimum Gasteiger partial charge on any atom is -0.336 e. The number of nitrogens with zero attached hydrogens (tertiary/aromatic N) is 3. The highest BCUT2D eigenvalue weighted by Gasteiger charge is 2.24. The number of carbonyl (C=O) groups excluding carboxylic acids is 2. The molecule has 0 radical (unpaired) electrons. The fourth-order valence-electron chi connectivity index (χ4n) is 4.57. The van der Waals surface area contributed by atoms with Crippen molar-refractivity contribution in [3.8, 4) is 0 Å². The van der Waals surface area contributed by atoms with E-state index in [1.54, 1.807) is 17.0 Å². The van der Waals surface area contributed by atoms with Crippen LogP contribution >= 0.6 is 0 Å². The zero-order chi connectivity index (χ0) is 27.3. The summed E-state index contributed by atoms with van der Waals surface area (Å²) in [6.45, 7) is 10.5. The van der Waals surface area contributed by atoms with Crippen LogP contribution in [0.1, 0.15) is 52.6 Å². The lowest BCUT2D eigenvalue weighted by molar-refractivity contribution is 0.0598. The number of benzene rings is 3. The molecule has 5 nitrogen and oxygen atoms in total. The summed E-state index contributed by atoms with van der Waals surface area (Å²) in [5.74, 6) is -0.900. The quantitative estimate of drug-likeness (QED) is 0.422. The molecule has 1 aliphatic heterocycles. The molecule has 0 aromatic heterocycles. The summed E-state index contributed by atoms with van der Waals surface area (Å²) < 4.78 is 26.8. The van der Waals surface area contributed by atoms with Crippen LogP contribution in [-0.2, 0) is 12.0 Å². The number of amides is 2. The first-order chi connectivity index (χ1) is 18.1. The maximum absolute atomic E-state index is 13.4. The lowest BCUT2D eigenvalue weighted by Crippen LogP contribution is -2.50. The molecule has 2 amide bonds. The third-order valence-electron chi connectivity index (χ3n) is 7.01. The molecule has 200 valence electrons. The van der Waals surface area contributed by atoms with E-state index in [1.165, 1.54) is 42.0 Å². The van der Waals surface area contributed by atoms with Gasteiger partial charge in [0, 0.05) is 56.9 Å². The Balaban J connectivity index is 1.35. The van der Waals surface area contributed by atoms with Crippen LogP contribution in [0, 0.1) is 11.6 Å². The first-order valence-electron chi connectivity index (χ1n) is 13.0. The molecule has 4 rings (SSSR count). The van der Waals surface area contributed by atoms with Gasteiger partial charge in [-0.2, -0.15) is 0 Å². The molecule has 0 spiro atoms. The van der Waals surface area contributed by atoms with Gasteiger partial charge in [-0.3, -0.25) is 14.5 Å². The summed E-state index contributed by atoms with van der Waals surface area (Å²) in [5, 5.41) is 0. The molecular weight excluding hydrogens is 484 g/mol. The highest BCUT2D eigenvalue weighted by atomic mass is 19.1. The second-order valence-electron chi connectivity index (χ2n) is 10.8. The highest BCUT2D eigenvalue weighted by Crippen LogP contribution is 2.23. The number of halogens is 2. The van der Waals surface area contributed by atoms with Gasteiger partial charge in [0.1, 0.15) is 11.6 Å². The molecule has 1 fully saturated rings. The summed E-state index contributed by atoms with van der Waals surface area (Å²) >= 11 is 0. The van der Waals surface area contributed by atoms with E-state index >= 15 is 0 Å². The number of hydrogen-bond donors (Lipinski definition) is 0. The number of rotatable bonds is 7. The van der Waals surface area contributed by atoms with Gasteiger partial charge >= 0.3 is 0 Å². The van der Waals surface area contributed by atoms with Crippen LogP contribution in [0.5, 0.6) is 0 Å². The minimum absolute atomic E-state index is 0.0366. The molecule has 0 aliphatic carbocycles. The Hall–Kier alpha value is -3.58. The summed E-state index contributed by atoms with van der Waals surface area (Å²) in [4.78, 5) is 32.1. The molecule has 1 aliphatic rings. The topological polar surface area (TPSA) is 43.9 Å². The minimum atomic E-state index is -0.399.